The molecule has 0 radical (unpaired) electrons. The summed E-state index contributed by atoms with van der Waals surface area (Å²) in [5.41, 5.74) is 1.31. The van der Waals surface area contributed by atoms with Gasteiger partial charge in [-0.1, -0.05) is 37.8 Å². The summed E-state index contributed by atoms with van der Waals surface area (Å²) in [6.07, 6.45) is 13.1. The van der Waals surface area contributed by atoms with E-state index in [2.05, 4.69) is 28.2 Å². The van der Waals surface area contributed by atoms with Crippen molar-refractivity contribution >= 4 is 11.8 Å². The van der Waals surface area contributed by atoms with E-state index in [1.165, 1.54) is 50.0 Å². The average Bonchev–Trinajstić information content (AvgIpc) is 2.77. The molecule has 1 aromatic rings. The lowest BCUT2D eigenvalue weighted by atomic mass is 10.1. The Morgan fingerprint density at radius 3 is 2.76 bits per heavy atom. The summed E-state index contributed by atoms with van der Waals surface area (Å²) in [7, 11) is 0. The third-order valence-corrected chi connectivity index (χ3v) is 3.65. The molecule has 0 saturated carbocycles. The van der Waals surface area contributed by atoms with Crippen molar-refractivity contribution in [1.29, 1.82) is 0 Å². The lowest BCUT2D eigenvalue weighted by molar-refractivity contribution is 0.543. The highest BCUT2D eigenvalue weighted by Gasteiger charge is 2.03. The summed E-state index contributed by atoms with van der Waals surface area (Å²) in [6, 6.07) is 0. The zero-order valence-electron chi connectivity index (χ0n) is 11.2. The van der Waals surface area contributed by atoms with Crippen molar-refractivity contribution in [3.63, 3.8) is 0 Å². The molecule has 1 rings (SSSR count). The second kappa shape index (κ2) is 9.51. The molecule has 3 nitrogen and oxygen atoms in total. The number of thioether (sulfide) groups is 1. The molecular formula is C13H25N3S. The van der Waals surface area contributed by atoms with Crippen molar-refractivity contribution in [1.82, 2.24) is 15.0 Å². The first-order chi connectivity index (χ1) is 8.38. The Hall–Kier alpha value is -0.510. The van der Waals surface area contributed by atoms with Gasteiger partial charge in [0.05, 0.1) is 11.9 Å². The van der Waals surface area contributed by atoms with Crippen LogP contribution >= 0.6 is 11.8 Å². The molecule has 0 bridgehead atoms. The van der Waals surface area contributed by atoms with Crippen molar-refractivity contribution in [3.05, 3.63) is 11.9 Å². The summed E-state index contributed by atoms with van der Waals surface area (Å²) in [6.45, 7) is 3.27. The summed E-state index contributed by atoms with van der Waals surface area (Å²) in [4.78, 5) is 0. The molecule has 4 heteroatoms. The molecule has 98 valence electrons. The molecule has 0 aliphatic rings. The summed E-state index contributed by atoms with van der Waals surface area (Å²) in [5, 5.41) is 8.18. The fraction of sp³-hybridized carbons (Fsp3) is 0.846. The zero-order chi connectivity index (χ0) is 12.3. The number of aromatic nitrogens is 3. The van der Waals surface area contributed by atoms with Gasteiger partial charge in [-0.05, 0) is 31.3 Å². The maximum atomic E-state index is 4.16. The predicted molar refractivity (Wildman–Crippen MR) is 75.5 cm³/mol. The lowest BCUT2D eigenvalue weighted by Gasteiger charge is -2.05. The van der Waals surface area contributed by atoms with Gasteiger partial charge in [0.25, 0.3) is 0 Å². The smallest absolute Gasteiger partial charge is 0.0725 e. The highest BCUT2D eigenvalue weighted by atomic mass is 32.2. The molecule has 0 aliphatic heterocycles. The van der Waals surface area contributed by atoms with Gasteiger partial charge >= 0.3 is 0 Å². The van der Waals surface area contributed by atoms with Gasteiger partial charge in [0, 0.05) is 6.54 Å². The van der Waals surface area contributed by atoms with Gasteiger partial charge in [-0.15, -0.1) is 5.10 Å². The molecule has 0 N–H and O–H groups in total. The SMILES string of the molecule is CCCCCCCc1cnnn1CCCSC. The normalized spacial score (nSPS) is 10.9. The number of rotatable bonds is 10. The summed E-state index contributed by atoms with van der Waals surface area (Å²) in [5.74, 6) is 1.20. The molecular weight excluding hydrogens is 230 g/mol. The Morgan fingerprint density at radius 2 is 2.00 bits per heavy atom. The minimum absolute atomic E-state index is 1.02. The van der Waals surface area contributed by atoms with Gasteiger partial charge in [-0.2, -0.15) is 11.8 Å². The van der Waals surface area contributed by atoms with Crippen molar-refractivity contribution < 1.29 is 0 Å². The number of hydrogen-bond acceptors (Lipinski definition) is 3. The number of nitrogens with zero attached hydrogens (tertiary/aromatic N) is 3. The molecule has 0 aromatic carbocycles. The van der Waals surface area contributed by atoms with E-state index in [1.54, 1.807) is 0 Å². The van der Waals surface area contributed by atoms with Crippen molar-refractivity contribution in [2.75, 3.05) is 12.0 Å². The van der Waals surface area contributed by atoms with Crippen LogP contribution in [0.4, 0.5) is 0 Å². The minimum Gasteiger partial charge on any atom is -0.249 e. The first-order valence-electron chi connectivity index (χ1n) is 6.74. The van der Waals surface area contributed by atoms with Gasteiger partial charge < -0.3 is 0 Å². The Kier molecular flexibility index (Phi) is 8.14. The molecule has 0 spiro atoms. The van der Waals surface area contributed by atoms with E-state index in [0.29, 0.717) is 0 Å². The second-order valence-electron chi connectivity index (χ2n) is 4.46. The molecule has 0 fully saturated rings. The van der Waals surface area contributed by atoms with Gasteiger partial charge in [0.15, 0.2) is 0 Å². The third-order valence-electron chi connectivity index (χ3n) is 2.95. The van der Waals surface area contributed by atoms with Gasteiger partial charge in [-0.25, -0.2) is 4.68 Å². The van der Waals surface area contributed by atoms with Crippen LogP contribution in [-0.4, -0.2) is 27.0 Å². The van der Waals surface area contributed by atoms with E-state index in [-0.39, 0.29) is 0 Å². The van der Waals surface area contributed by atoms with Crippen molar-refractivity contribution in [3.8, 4) is 0 Å². The van der Waals surface area contributed by atoms with Crippen LogP contribution in [0, 0.1) is 0 Å². The average molecular weight is 255 g/mol. The van der Waals surface area contributed by atoms with Crippen LogP contribution in [0.2, 0.25) is 0 Å². The van der Waals surface area contributed by atoms with Crippen LogP contribution in [0.15, 0.2) is 6.20 Å². The predicted octanol–water partition coefficient (Wildman–Crippen LogP) is 3.54. The van der Waals surface area contributed by atoms with Gasteiger partial charge in [0.1, 0.15) is 0 Å². The zero-order valence-corrected chi connectivity index (χ0v) is 12.0. The standard InChI is InChI=1S/C13H25N3S/c1-3-4-5-6-7-9-13-12-14-15-16(13)10-8-11-17-2/h12H,3-11H2,1-2H3. The number of hydrogen-bond donors (Lipinski definition) is 0. The molecule has 0 aliphatic carbocycles. The Balaban J connectivity index is 2.20. The van der Waals surface area contributed by atoms with Crippen LogP contribution in [-0.2, 0) is 13.0 Å². The lowest BCUT2D eigenvalue weighted by Crippen LogP contribution is -2.06. The number of aryl methyl sites for hydroxylation is 2. The van der Waals surface area contributed by atoms with E-state index < -0.39 is 0 Å². The van der Waals surface area contributed by atoms with E-state index >= 15 is 0 Å². The Labute approximate surface area is 109 Å². The van der Waals surface area contributed by atoms with Crippen LogP contribution in [0.5, 0.6) is 0 Å². The Morgan fingerprint density at radius 1 is 1.18 bits per heavy atom. The summed E-state index contributed by atoms with van der Waals surface area (Å²) < 4.78 is 2.08. The van der Waals surface area contributed by atoms with Gasteiger partial charge in [-0.3, -0.25) is 0 Å². The maximum absolute atomic E-state index is 4.16. The van der Waals surface area contributed by atoms with E-state index in [0.717, 1.165) is 13.0 Å². The molecule has 1 aromatic heterocycles. The van der Waals surface area contributed by atoms with Crippen molar-refractivity contribution in [2.45, 2.75) is 58.4 Å². The first kappa shape index (κ1) is 14.6. The van der Waals surface area contributed by atoms with E-state index in [4.69, 9.17) is 0 Å². The fourth-order valence-corrected chi connectivity index (χ4v) is 2.35. The van der Waals surface area contributed by atoms with Crippen LogP contribution < -0.4 is 0 Å². The van der Waals surface area contributed by atoms with E-state index in [1.807, 2.05) is 18.0 Å². The molecule has 1 heterocycles. The number of unbranched alkanes of at least 4 members (excludes halogenated alkanes) is 4. The molecule has 0 saturated heterocycles. The van der Waals surface area contributed by atoms with Crippen LogP contribution in [0.3, 0.4) is 0 Å². The van der Waals surface area contributed by atoms with Gasteiger partial charge in [0.2, 0.25) is 0 Å². The highest BCUT2D eigenvalue weighted by Crippen LogP contribution is 2.08. The summed E-state index contributed by atoms with van der Waals surface area (Å²) >= 11 is 1.89. The minimum atomic E-state index is 1.02. The Bertz CT molecular complexity index is 286. The monoisotopic (exact) mass is 255 g/mol. The molecule has 0 atom stereocenters. The quantitative estimate of drug-likeness (QED) is 0.599. The van der Waals surface area contributed by atoms with Crippen LogP contribution in [0.1, 0.15) is 51.1 Å². The fourth-order valence-electron chi connectivity index (χ4n) is 1.93. The molecule has 0 unspecified atom stereocenters. The molecule has 0 amide bonds. The maximum Gasteiger partial charge on any atom is 0.0725 e. The van der Waals surface area contributed by atoms with Crippen LogP contribution in [0.25, 0.3) is 0 Å². The van der Waals surface area contributed by atoms with E-state index in [9.17, 15) is 0 Å². The second-order valence-corrected chi connectivity index (χ2v) is 5.44. The largest absolute Gasteiger partial charge is 0.249 e. The molecule has 17 heavy (non-hydrogen) atoms. The highest BCUT2D eigenvalue weighted by molar-refractivity contribution is 7.98. The van der Waals surface area contributed by atoms with Crippen molar-refractivity contribution in [2.24, 2.45) is 0 Å². The topological polar surface area (TPSA) is 30.7 Å². The first-order valence-corrected chi connectivity index (χ1v) is 8.14. The third kappa shape index (κ3) is 6.10.